The Kier molecular flexibility index (Phi) is 8.26. The van der Waals surface area contributed by atoms with E-state index in [-0.39, 0.29) is 16.9 Å². The van der Waals surface area contributed by atoms with E-state index in [1.807, 2.05) is 0 Å². The number of hydrogen-bond acceptors (Lipinski definition) is 4. The van der Waals surface area contributed by atoms with E-state index < -0.39 is 0 Å². The van der Waals surface area contributed by atoms with E-state index in [9.17, 15) is 0 Å². The van der Waals surface area contributed by atoms with Gasteiger partial charge in [-0.15, -0.1) is 11.6 Å². The first-order valence-corrected chi connectivity index (χ1v) is 7.49. The summed E-state index contributed by atoms with van der Waals surface area (Å²) in [6.07, 6.45) is 2.29. The standard InChI is InChI=1S/C14H27ClO4/c1-4-14(2)12(15)11-13(14)19-10-9-18-8-7-17-6-5-16-3/h12-13H,4-11H2,1-3H3. The maximum atomic E-state index is 6.24. The molecule has 5 heteroatoms. The Morgan fingerprint density at radius 3 is 2.16 bits per heavy atom. The average molecular weight is 295 g/mol. The number of halogens is 1. The molecule has 0 radical (unpaired) electrons. The van der Waals surface area contributed by atoms with Crippen molar-refractivity contribution in [3.8, 4) is 0 Å². The second-order valence-electron chi connectivity index (χ2n) is 5.14. The van der Waals surface area contributed by atoms with E-state index in [0.29, 0.717) is 39.6 Å². The van der Waals surface area contributed by atoms with E-state index in [0.717, 1.165) is 12.8 Å². The van der Waals surface area contributed by atoms with Crippen LogP contribution in [-0.2, 0) is 18.9 Å². The summed E-state index contributed by atoms with van der Waals surface area (Å²) in [5.74, 6) is 0. The molecule has 1 saturated carbocycles. The van der Waals surface area contributed by atoms with Crippen molar-refractivity contribution in [1.82, 2.24) is 0 Å². The molecule has 4 nitrogen and oxygen atoms in total. The third kappa shape index (κ3) is 5.20. The van der Waals surface area contributed by atoms with Crippen LogP contribution in [0.15, 0.2) is 0 Å². The van der Waals surface area contributed by atoms with Crippen molar-refractivity contribution in [2.24, 2.45) is 5.41 Å². The smallest absolute Gasteiger partial charge is 0.0704 e. The Bertz CT molecular complexity index is 239. The molecule has 3 atom stereocenters. The molecular formula is C14H27ClO4. The molecule has 0 heterocycles. The Hall–Kier alpha value is 0.130. The minimum atomic E-state index is 0.130. The lowest BCUT2D eigenvalue weighted by Gasteiger charge is -2.50. The molecule has 0 aromatic heterocycles. The molecule has 19 heavy (non-hydrogen) atoms. The fourth-order valence-corrected chi connectivity index (χ4v) is 2.65. The maximum Gasteiger partial charge on any atom is 0.0704 e. The zero-order valence-electron chi connectivity index (χ0n) is 12.3. The molecule has 0 amide bonds. The van der Waals surface area contributed by atoms with Crippen LogP contribution in [0.1, 0.15) is 26.7 Å². The van der Waals surface area contributed by atoms with Crippen LogP contribution >= 0.6 is 11.6 Å². The molecule has 1 aliphatic carbocycles. The highest BCUT2D eigenvalue weighted by molar-refractivity contribution is 6.21. The highest BCUT2D eigenvalue weighted by Gasteiger charge is 2.50. The lowest BCUT2D eigenvalue weighted by molar-refractivity contribution is -0.113. The Morgan fingerprint density at radius 1 is 1.05 bits per heavy atom. The summed E-state index contributed by atoms with van der Waals surface area (Å²) < 4.78 is 21.4. The summed E-state index contributed by atoms with van der Waals surface area (Å²) in [6.45, 7) is 8.04. The van der Waals surface area contributed by atoms with Crippen molar-refractivity contribution in [3.05, 3.63) is 0 Å². The van der Waals surface area contributed by atoms with E-state index in [2.05, 4.69) is 13.8 Å². The van der Waals surface area contributed by atoms with Gasteiger partial charge in [0.15, 0.2) is 0 Å². The van der Waals surface area contributed by atoms with Crippen molar-refractivity contribution in [3.63, 3.8) is 0 Å². The van der Waals surface area contributed by atoms with Crippen LogP contribution in [0, 0.1) is 5.41 Å². The Labute approximate surface area is 121 Å². The number of alkyl halides is 1. The van der Waals surface area contributed by atoms with Crippen LogP contribution < -0.4 is 0 Å². The quantitative estimate of drug-likeness (QED) is 0.433. The van der Waals surface area contributed by atoms with Crippen LogP contribution in [0.3, 0.4) is 0 Å². The summed E-state index contributed by atoms with van der Waals surface area (Å²) in [5, 5.41) is 0.248. The van der Waals surface area contributed by atoms with Gasteiger partial charge < -0.3 is 18.9 Å². The lowest BCUT2D eigenvalue weighted by atomic mass is 9.65. The third-order valence-corrected chi connectivity index (χ3v) is 4.66. The largest absolute Gasteiger partial charge is 0.382 e. The zero-order chi connectivity index (χ0) is 14.1. The summed E-state index contributed by atoms with van der Waals surface area (Å²) >= 11 is 6.24. The van der Waals surface area contributed by atoms with Crippen LogP contribution in [0.4, 0.5) is 0 Å². The van der Waals surface area contributed by atoms with Crippen molar-refractivity contribution in [1.29, 1.82) is 0 Å². The molecule has 1 aliphatic rings. The van der Waals surface area contributed by atoms with Crippen LogP contribution in [0.2, 0.25) is 0 Å². The second-order valence-corrected chi connectivity index (χ2v) is 5.67. The van der Waals surface area contributed by atoms with Gasteiger partial charge in [0.1, 0.15) is 0 Å². The van der Waals surface area contributed by atoms with Gasteiger partial charge in [-0.3, -0.25) is 0 Å². The molecule has 114 valence electrons. The molecule has 3 unspecified atom stereocenters. The Morgan fingerprint density at radius 2 is 1.63 bits per heavy atom. The van der Waals surface area contributed by atoms with Gasteiger partial charge in [-0.25, -0.2) is 0 Å². The monoisotopic (exact) mass is 294 g/mol. The van der Waals surface area contributed by atoms with Crippen LogP contribution in [0.5, 0.6) is 0 Å². The Balaban J connectivity index is 1.92. The first-order valence-electron chi connectivity index (χ1n) is 7.05. The van der Waals surface area contributed by atoms with E-state index >= 15 is 0 Å². The third-order valence-electron chi connectivity index (χ3n) is 3.98. The lowest BCUT2D eigenvalue weighted by Crippen LogP contribution is -2.53. The summed E-state index contributed by atoms with van der Waals surface area (Å²) in [4.78, 5) is 0. The fourth-order valence-electron chi connectivity index (χ4n) is 2.19. The minimum absolute atomic E-state index is 0.130. The van der Waals surface area contributed by atoms with Gasteiger partial charge in [0, 0.05) is 17.9 Å². The van der Waals surface area contributed by atoms with Gasteiger partial charge >= 0.3 is 0 Å². The molecular weight excluding hydrogens is 268 g/mol. The molecule has 0 aromatic carbocycles. The number of methoxy groups -OCH3 is 1. The van der Waals surface area contributed by atoms with Gasteiger partial charge in [0.05, 0.1) is 45.7 Å². The zero-order valence-corrected chi connectivity index (χ0v) is 13.1. The second kappa shape index (κ2) is 9.14. The van der Waals surface area contributed by atoms with E-state index in [1.165, 1.54) is 0 Å². The fraction of sp³-hybridized carbons (Fsp3) is 1.00. The number of rotatable bonds is 11. The van der Waals surface area contributed by atoms with Crippen LogP contribution in [0.25, 0.3) is 0 Å². The SMILES string of the molecule is CCC1(C)C(Cl)CC1OCCOCCOCCOC. The molecule has 0 bridgehead atoms. The number of ether oxygens (including phenoxy) is 4. The molecule has 1 fully saturated rings. The summed E-state index contributed by atoms with van der Waals surface area (Å²) in [6, 6.07) is 0. The van der Waals surface area contributed by atoms with Gasteiger partial charge in [-0.05, 0) is 12.8 Å². The molecule has 1 rings (SSSR count). The van der Waals surface area contributed by atoms with Crippen LogP contribution in [-0.4, -0.2) is 58.2 Å². The summed E-state index contributed by atoms with van der Waals surface area (Å²) in [7, 11) is 1.66. The predicted molar refractivity (Wildman–Crippen MR) is 75.9 cm³/mol. The topological polar surface area (TPSA) is 36.9 Å². The van der Waals surface area contributed by atoms with Crippen molar-refractivity contribution < 1.29 is 18.9 Å². The van der Waals surface area contributed by atoms with Gasteiger partial charge in [-0.1, -0.05) is 13.8 Å². The first kappa shape index (κ1) is 17.2. The summed E-state index contributed by atoms with van der Waals surface area (Å²) in [5.41, 5.74) is 0.130. The highest BCUT2D eigenvalue weighted by atomic mass is 35.5. The normalized spacial score (nSPS) is 30.3. The molecule has 0 N–H and O–H groups in total. The minimum Gasteiger partial charge on any atom is -0.382 e. The van der Waals surface area contributed by atoms with Crippen molar-refractivity contribution in [2.45, 2.75) is 38.2 Å². The maximum absolute atomic E-state index is 6.24. The van der Waals surface area contributed by atoms with Gasteiger partial charge in [-0.2, -0.15) is 0 Å². The van der Waals surface area contributed by atoms with Crippen molar-refractivity contribution >= 4 is 11.6 Å². The van der Waals surface area contributed by atoms with Gasteiger partial charge in [0.2, 0.25) is 0 Å². The van der Waals surface area contributed by atoms with E-state index in [4.69, 9.17) is 30.5 Å². The average Bonchev–Trinajstić information content (AvgIpc) is 2.43. The first-order chi connectivity index (χ1) is 9.15. The van der Waals surface area contributed by atoms with Gasteiger partial charge in [0.25, 0.3) is 0 Å². The predicted octanol–water partition coefficient (Wildman–Crippen LogP) is 2.48. The molecule has 0 saturated heterocycles. The highest BCUT2D eigenvalue weighted by Crippen LogP contribution is 2.48. The molecule has 0 aromatic rings. The molecule has 0 spiro atoms. The van der Waals surface area contributed by atoms with Crippen molar-refractivity contribution in [2.75, 3.05) is 46.8 Å². The van der Waals surface area contributed by atoms with E-state index in [1.54, 1.807) is 7.11 Å². The number of hydrogen-bond donors (Lipinski definition) is 0. The molecule has 0 aliphatic heterocycles.